The number of benzene rings is 5. The van der Waals surface area contributed by atoms with Crippen molar-refractivity contribution in [2.75, 3.05) is 4.90 Å². The van der Waals surface area contributed by atoms with Crippen LogP contribution in [0.3, 0.4) is 0 Å². The largest absolute Gasteiger partial charge is 0.427 e. The predicted octanol–water partition coefficient (Wildman–Crippen LogP) is 7.30. The maximum absolute atomic E-state index is 10.7. The van der Waals surface area contributed by atoms with E-state index in [1.165, 1.54) is 39.1 Å². The minimum Gasteiger partial charge on any atom is -0.427 e. The molecule has 5 aromatic carbocycles. The number of hydrogen-bond donors (Lipinski definition) is 1. The Hall–Kier alpha value is -4.12. The van der Waals surface area contributed by atoms with Crippen molar-refractivity contribution < 1.29 is 9.76 Å². The van der Waals surface area contributed by atoms with Crippen LogP contribution >= 0.6 is 0 Å². The third-order valence-corrected chi connectivity index (χ3v) is 9.57. The van der Waals surface area contributed by atoms with Gasteiger partial charge >= 0.3 is 7.48 Å². The third kappa shape index (κ3) is 3.97. The van der Waals surface area contributed by atoms with Crippen LogP contribution in [0.5, 0.6) is 0 Å². The molecule has 0 fully saturated rings. The van der Waals surface area contributed by atoms with Gasteiger partial charge in [-0.3, -0.25) is 0 Å². The molecule has 1 spiro atoms. The predicted molar refractivity (Wildman–Crippen MR) is 174 cm³/mol. The molecule has 0 unspecified atom stereocenters. The lowest BCUT2D eigenvalue weighted by Gasteiger charge is -2.49. The molecule has 4 heteroatoms. The first-order valence-corrected chi connectivity index (χ1v) is 14.8. The van der Waals surface area contributed by atoms with Crippen LogP contribution in [0.2, 0.25) is 0 Å². The first-order valence-electron chi connectivity index (χ1n) is 14.8. The Morgan fingerprint density at radius 1 is 0.643 bits per heavy atom. The second-order valence-corrected chi connectivity index (χ2v) is 12.6. The van der Waals surface area contributed by atoms with Crippen molar-refractivity contribution in [3.63, 3.8) is 0 Å². The summed E-state index contributed by atoms with van der Waals surface area (Å²) in [4.78, 5) is 2.40. The lowest BCUT2D eigenvalue weighted by Crippen LogP contribution is -2.49. The van der Waals surface area contributed by atoms with Crippen molar-refractivity contribution in [2.45, 2.75) is 50.7 Å². The minimum absolute atomic E-state index is 0.398. The van der Waals surface area contributed by atoms with Gasteiger partial charge in [0, 0.05) is 5.69 Å². The maximum atomic E-state index is 10.7. The zero-order valence-electron chi connectivity index (χ0n) is 24.8. The van der Waals surface area contributed by atoms with Crippen LogP contribution in [0.4, 0.5) is 17.1 Å². The molecule has 0 saturated carbocycles. The van der Waals surface area contributed by atoms with Crippen molar-refractivity contribution >= 4 is 30.0 Å². The summed E-state index contributed by atoms with van der Waals surface area (Å²) in [6.45, 7) is 7.50. The van der Waals surface area contributed by atoms with Crippen LogP contribution in [-0.4, -0.2) is 23.8 Å². The lowest BCUT2D eigenvalue weighted by molar-refractivity contribution is -0.0893. The normalized spacial score (nSPS) is 14.9. The van der Waals surface area contributed by atoms with Gasteiger partial charge in [0.1, 0.15) is 0 Å². The van der Waals surface area contributed by atoms with Gasteiger partial charge in [0.05, 0.1) is 28.0 Å². The molecule has 5 aromatic rings. The van der Waals surface area contributed by atoms with Gasteiger partial charge in [0.15, 0.2) is 0 Å². The number of rotatable bonds is 5. The quantitative estimate of drug-likeness (QED) is 0.229. The van der Waals surface area contributed by atoms with E-state index in [2.05, 4.69) is 126 Å². The topological polar surface area (TPSA) is 32.7 Å². The third-order valence-electron chi connectivity index (χ3n) is 9.57. The smallest absolute Gasteiger partial charge is 0.309 e. The average molecular weight is 550 g/mol. The number of hydrogen-bond acceptors (Lipinski definition) is 3. The highest BCUT2D eigenvalue weighted by Gasteiger charge is 2.49. The minimum atomic E-state index is -0.976. The fourth-order valence-corrected chi connectivity index (χ4v) is 6.74. The summed E-state index contributed by atoms with van der Waals surface area (Å²) < 4.78 is 6.36. The zero-order valence-corrected chi connectivity index (χ0v) is 24.8. The molecular weight excluding hydrogens is 513 g/mol. The standard InChI is InChI=1S/C38H36BNO2/c1-36(2,41)37(3,4)42-39-28-22-23-33-35(25-28)40(29-16-6-5-7-17-29)34-21-13-12-20-32(34)38(33)30-18-10-8-14-26(30)24-27-15-9-11-19-31(27)38/h5-23,25,39,41H,24H2,1-4H3. The van der Waals surface area contributed by atoms with Crippen LogP contribution in [0.15, 0.2) is 121 Å². The Bertz CT molecular complexity index is 1740. The summed E-state index contributed by atoms with van der Waals surface area (Å²) in [5.74, 6) is 0. The van der Waals surface area contributed by atoms with Gasteiger partial charge in [-0.05, 0) is 91.8 Å². The van der Waals surface area contributed by atoms with E-state index in [9.17, 15) is 5.11 Å². The van der Waals surface area contributed by atoms with Crippen molar-refractivity contribution in [2.24, 2.45) is 0 Å². The number of fused-ring (bicyclic) bond motifs is 8. The molecule has 1 heterocycles. The van der Waals surface area contributed by atoms with E-state index in [4.69, 9.17) is 4.65 Å². The number of nitrogens with zero attached hydrogens (tertiary/aromatic N) is 1. The first kappa shape index (κ1) is 26.8. The van der Waals surface area contributed by atoms with Crippen molar-refractivity contribution in [3.05, 3.63) is 155 Å². The van der Waals surface area contributed by atoms with Crippen molar-refractivity contribution in [1.29, 1.82) is 0 Å². The molecule has 1 N–H and O–H groups in total. The Balaban J connectivity index is 1.52. The first-order chi connectivity index (χ1) is 20.2. The van der Waals surface area contributed by atoms with Gasteiger partial charge in [-0.2, -0.15) is 0 Å². The lowest BCUT2D eigenvalue weighted by atomic mass is 9.57. The molecule has 0 aromatic heterocycles. The summed E-state index contributed by atoms with van der Waals surface area (Å²) in [6.07, 6.45) is 0.923. The van der Waals surface area contributed by atoms with Gasteiger partial charge in [-0.15, -0.1) is 0 Å². The van der Waals surface area contributed by atoms with E-state index >= 15 is 0 Å². The van der Waals surface area contributed by atoms with E-state index in [0.717, 1.165) is 23.3 Å². The molecule has 7 rings (SSSR count). The molecule has 0 amide bonds. The van der Waals surface area contributed by atoms with Crippen LogP contribution in [0.25, 0.3) is 0 Å². The highest BCUT2D eigenvalue weighted by molar-refractivity contribution is 6.47. The highest BCUT2D eigenvalue weighted by atomic mass is 16.5. The molecule has 3 nitrogen and oxygen atoms in total. The zero-order chi connectivity index (χ0) is 29.1. The molecule has 1 aliphatic carbocycles. The van der Waals surface area contributed by atoms with Crippen LogP contribution in [0, 0.1) is 0 Å². The van der Waals surface area contributed by atoms with Gasteiger partial charge in [-0.1, -0.05) is 103 Å². The second kappa shape index (κ2) is 9.73. The van der Waals surface area contributed by atoms with Gasteiger partial charge < -0.3 is 14.7 Å². The highest BCUT2D eigenvalue weighted by Crippen LogP contribution is 2.59. The molecule has 2 aliphatic rings. The molecule has 0 atom stereocenters. The SMILES string of the molecule is CC(C)(O)C(C)(C)OBc1ccc2c(c1)N(c1ccccc1)c1ccccc1C21c2ccccc2Cc2ccccc21. The van der Waals surface area contributed by atoms with Gasteiger partial charge in [0.2, 0.25) is 0 Å². The maximum Gasteiger partial charge on any atom is 0.309 e. The molecule has 42 heavy (non-hydrogen) atoms. The van der Waals surface area contributed by atoms with Gasteiger partial charge in [-0.25, -0.2) is 0 Å². The summed E-state index contributed by atoms with van der Waals surface area (Å²) in [5, 5.41) is 10.7. The van der Waals surface area contributed by atoms with E-state index in [1.54, 1.807) is 13.8 Å². The average Bonchev–Trinajstić information content (AvgIpc) is 3.00. The fraction of sp³-hybridized carbons (Fsp3) is 0.211. The summed E-state index contributed by atoms with van der Waals surface area (Å²) in [6, 6.07) is 44.3. The summed E-state index contributed by atoms with van der Waals surface area (Å²) in [5.41, 5.74) is 10.3. The van der Waals surface area contributed by atoms with E-state index in [0.29, 0.717) is 7.48 Å². The van der Waals surface area contributed by atoms with E-state index in [1.807, 2.05) is 13.8 Å². The van der Waals surface area contributed by atoms with E-state index < -0.39 is 16.6 Å². The fourth-order valence-electron chi connectivity index (χ4n) is 6.74. The van der Waals surface area contributed by atoms with Crippen LogP contribution in [0.1, 0.15) is 61.1 Å². The molecule has 208 valence electrons. The van der Waals surface area contributed by atoms with Gasteiger partial charge in [0.25, 0.3) is 0 Å². The molecule has 0 saturated heterocycles. The Labute approximate surface area is 249 Å². The van der Waals surface area contributed by atoms with Crippen molar-refractivity contribution in [3.8, 4) is 0 Å². The Morgan fingerprint density at radius 3 is 1.83 bits per heavy atom. The summed E-state index contributed by atoms with van der Waals surface area (Å²) in [7, 11) is 0.398. The number of aliphatic hydroxyl groups is 1. The molecule has 1 aliphatic heterocycles. The van der Waals surface area contributed by atoms with Crippen LogP contribution < -0.4 is 10.4 Å². The van der Waals surface area contributed by atoms with E-state index in [-0.39, 0.29) is 0 Å². The number of anilines is 3. The molecule has 0 radical (unpaired) electrons. The Kier molecular flexibility index (Phi) is 6.20. The number of para-hydroxylation sites is 2. The molecule has 0 bridgehead atoms. The van der Waals surface area contributed by atoms with Crippen LogP contribution in [-0.2, 0) is 16.5 Å². The molecular formula is C38H36BNO2. The Morgan fingerprint density at radius 2 is 1.19 bits per heavy atom. The summed E-state index contributed by atoms with van der Waals surface area (Å²) >= 11 is 0. The second-order valence-electron chi connectivity index (χ2n) is 12.6. The monoisotopic (exact) mass is 549 g/mol. The van der Waals surface area contributed by atoms with Crippen molar-refractivity contribution in [1.82, 2.24) is 0 Å².